The number of hydrogen-bond acceptors (Lipinski definition) is 2. The number of nitrogens with one attached hydrogen (secondary N) is 2. The van der Waals surface area contributed by atoms with Crippen molar-refractivity contribution in [1.29, 1.82) is 0 Å². The van der Waals surface area contributed by atoms with Crippen molar-refractivity contribution >= 4 is 34.7 Å². The van der Waals surface area contributed by atoms with Gasteiger partial charge in [-0.3, -0.25) is 4.68 Å². The van der Waals surface area contributed by atoms with Crippen LogP contribution in [0, 0.1) is 0 Å². The highest BCUT2D eigenvalue weighted by Gasteiger charge is 2.22. The maximum atomic E-state index is 6.17. The number of benzene rings is 1. The predicted molar refractivity (Wildman–Crippen MR) is 85.2 cm³/mol. The van der Waals surface area contributed by atoms with E-state index in [4.69, 9.17) is 23.8 Å². The third-order valence-electron chi connectivity index (χ3n) is 3.05. The maximum absolute atomic E-state index is 6.17. The molecule has 1 aliphatic rings. The third-order valence-corrected chi connectivity index (χ3v) is 3.55. The molecule has 3 rings (SSSR count). The van der Waals surface area contributed by atoms with Gasteiger partial charge < -0.3 is 10.6 Å². The molecule has 2 aromatic rings. The molecule has 1 heterocycles. The Labute approximate surface area is 128 Å². The molecule has 1 aliphatic carbocycles. The van der Waals surface area contributed by atoms with Crippen LogP contribution in [-0.2, 0) is 6.54 Å². The quantitative estimate of drug-likeness (QED) is 0.852. The summed E-state index contributed by atoms with van der Waals surface area (Å²) in [5, 5.41) is 11.8. The minimum Gasteiger partial charge on any atom is -0.360 e. The molecule has 0 aliphatic heterocycles. The third kappa shape index (κ3) is 3.49. The van der Waals surface area contributed by atoms with Gasteiger partial charge in [0.25, 0.3) is 0 Å². The second kappa shape index (κ2) is 5.81. The number of anilines is 1. The van der Waals surface area contributed by atoms with E-state index in [1.807, 2.05) is 18.2 Å². The number of aromatic nitrogens is 2. The molecule has 1 aromatic carbocycles. The minimum absolute atomic E-state index is 0.514. The van der Waals surface area contributed by atoms with Crippen LogP contribution in [0.5, 0.6) is 0 Å². The number of hydrogen-bond donors (Lipinski definition) is 2. The van der Waals surface area contributed by atoms with Crippen molar-refractivity contribution in [3.8, 4) is 0 Å². The smallest absolute Gasteiger partial charge is 0.173 e. The first-order valence-electron chi connectivity index (χ1n) is 6.55. The Morgan fingerprint density at radius 3 is 2.80 bits per heavy atom. The summed E-state index contributed by atoms with van der Waals surface area (Å²) >= 11 is 11.4. The molecule has 0 saturated heterocycles. The van der Waals surface area contributed by atoms with Gasteiger partial charge in [-0.2, -0.15) is 5.10 Å². The molecule has 1 saturated carbocycles. The lowest BCUT2D eigenvalue weighted by Crippen LogP contribution is -2.30. The molecule has 104 valence electrons. The van der Waals surface area contributed by atoms with E-state index in [9.17, 15) is 0 Å². The summed E-state index contributed by atoms with van der Waals surface area (Å²) in [5.74, 6) is 0.598. The molecular weight excluding hydrogens is 292 g/mol. The van der Waals surface area contributed by atoms with Crippen molar-refractivity contribution in [2.24, 2.45) is 0 Å². The number of thiocarbonyl (C=S) groups is 1. The highest BCUT2D eigenvalue weighted by Crippen LogP contribution is 2.22. The largest absolute Gasteiger partial charge is 0.360 e. The van der Waals surface area contributed by atoms with Gasteiger partial charge in [-0.15, -0.1) is 0 Å². The van der Waals surface area contributed by atoms with Gasteiger partial charge in [0.2, 0.25) is 0 Å². The zero-order valence-corrected chi connectivity index (χ0v) is 12.4. The van der Waals surface area contributed by atoms with Crippen molar-refractivity contribution in [3.63, 3.8) is 0 Å². The lowest BCUT2D eigenvalue weighted by atomic mass is 10.2. The summed E-state index contributed by atoms with van der Waals surface area (Å²) in [4.78, 5) is 0. The fourth-order valence-corrected chi connectivity index (χ4v) is 2.35. The molecule has 2 N–H and O–H groups in total. The summed E-state index contributed by atoms with van der Waals surface area (Å²) in [6.07, 6.45) is 4.16. The molecule has 0 bridgehead atoms. The summed E-state index contributed by atoms with van der Waals surface area (Å²) in [7, 11) is 0. The SMILES string of the molecule is S=C(Nc1nn(Cc2ccccc2)cc1Cl)NC1CC1. The average molecular weight is 307 g/mol. The summed E-state index contributed by atoms with van der Waals surface area (Å²) in [6.45, 7) is 0.686. The monoisotopic (exact) mass is 306 g/mol. The Morgan fingerprint density at radius 1 is 1.35 bits per heavy atom. The fraction of sp³-hybridized carbons (Fsp3) is 0.286. The van der Waals surface area contributed by atoms with E-state index in [0.717, 1.165) is 0 Å². The molecule has 0 unspecified atom stereocenters. The van der Waals surface area contributed by atoms with Gasteiger partial charge in [-0.05, 0) is 30.6 Å². The summed E-state index contributed by atoms with van der Waals surface area (Å²) in [6, 6.07) is 10.6. The lowest BCUT2D eigenvalue weighted by molar-refractivity contribution is 0.690. The first-order chi connectivity index (χ1) is 9.70. The van der Waals surface area contributed by atoms with Crippen molar-refractivity contribution in [3.05, 3.63) is 47.1 Å². The van der Waals surface area contributed by atoms with Crippen LogP contribution in [0.15, 0.2) is 36.5 Å². The van der Waals surface area contributed by atoms with Crippen molar-refractivity contribution in [2.45, 2.75) is 25.4 Å². The van der Waals surface area contributed by atoms with Crippen LogP contribution < -0.4 is 10.6 Å². The first kappa shape index (κ1) is 13.4. The van der Waals surface area contributed by atoms with Crippen LogP contribution in [0.1, 0.15) is 18.4 Å². The van der Waals surface area contributed by atoms with Crippen LogP contribution in [0.4, 0.5) is 5.82 Å². The lowest BCUT2D eigenvalue weighted by Gasteiger charge is -2.07. The van der Waals surface area contributed by atoms with E-state index in [2.05, 4.69) is 27.9 Å². The van der Waals surface area contributed by atoms with Gasteiger partial charge in [0.1, 0.15) is 5.02 Å². The molecule has 6 heteroatoms. The second-order valence-electron chi connectivity index (χ2n) is 4.88. The first-order valence-corrected chi connectivity index (χ1v) is 7.34. The van der Waals surface area contributed by atoms with E-state index >= 15 is 0 Å². The van der Waals surface area contributed by atoms with E-state index < -0.39 is 0 Å². The molecule has 1 fully saturated rings. The van der Waals surface area contributed by atoms with Crippen LogP contribution in [0.3, 0.4) is 0 Å². The average Bonchev–Trinajstić information content (AvgIpc) is 3.16. The van der Waals surface area contributed by atoms with Gasteiger partial charge in [0.05, 0.1) is 6.54 Å². The normalized spacial score (nSPS) is 14.1. The van der Waals surface area contributed by atoms with Gasteiger partial charge in [0.15, 0.2) is 10.9 Å². The molecule has 0 amide bonds. The van der Waals surface area contributed by atoms with Crippen LogP contribution in [0.25, 0.3) is 0 Å². The summed E-state index contributed by atoms with van der Waals surface area (Å²) < 4.78 is 1.81. The van der Waals surface area contributed by atoms with Gasteiger partial charge in [0, 0.05) is 12.2 Å². The Bertz CT molecular complexity index is 607. The van der Waals surface area contributed by atoms with E-state index in [1.165, 1.54) is 18.4 Å². The van der Waals surface area contributed by atoms with Gasteiger partial charge in [-0.25, -0.2) is 0 Å². The van der Waals surface area contributed by atoms with E-state index in [0.29, 0.717) is 28.5 Å². The van der Waals surface area contributed by atoms with Crippen molar-refractivity contribution < 1.29 is 0 Å². The Hall–Kier alpha value is -1.59. The molecule has 0 atom stereocenters. The zero-order chi connectivity index (χ0) is 13.9. The maximum Gasteiger partial charge on any atom is 0.173 e. The Morgan fingerprint density at radius 2 is 2.10 bits per heavy atom. The number of nitrogens with zero attached hydrogens (tertiary/aromatic N) is 2. The molecule has 1 aromatic heterocycles. The molecule has 20 heavy (non-hydrogen) atoms. The number of halogens is 1. The zero-order valence-electron chi connectivity index (χ0n) is 10.8. The predicted octanol–water partition coefficient (Wildman–Crippen LogP) is 3.03. The molecule has 0 radical (unpaired) electrons. The van der Waals surface area contributed by atoms with Gasteiger partial charge >= 0.3 is 0 Å². The number of rotatable bonds is 4. The second-order valence-corrected chi connectivity index (χ2v) is 5.70. The van der Waals surface area contributed by atoms with E-state index in [-0.39, 0.29) is 0 Å². The van der Waals surface area contributed by atoms with Crippen molar-refractivity contribution in [1.82, 2.24) is 15.1 Å². The van der Waals surface area contributed by atoms with Gasteiger partial charge in [-0.1, -0.05) is 41.9 Å². The van der Waals surface area contributed by atoms with E-state index in [1.54, 1.807) is 10.9 Å². The Balaban J connectivity index is 1.65. The summed E-state index contributed by atoms with van der Waals surface area (Å²) in [5.41, 5.74) is 1.18. The molecule has 4 nitrogen and oxygen atoms in total. The highest BCUT2D eigenvalue weighted by atomic mass is 35.5. The molecule has 0 spiro atoms. The van der Waals surface area contributed by atoms with Crippen LogP contribution in [-0.4, -0.2) is 20.9 Å². The topological polar surface area (TPSA) is 41.9 Å². The van der Waals surface area contributed by atoms with Crippen LogP contribution >= 0.6 is 23.8 Å². The van der Waals surface area contributed by atoms with Crippen molar-refractivity contribution in [2.75, 3.05) is 5.32 Å². The minimum atomic E-state index is 0.514. The standard InChI is InChI=1S/C14H15ClN4S/c15-12-9-19(8-10-4-2-1-3-5-10)18-13(12)17-14(20)16-11-6-7-11/h1-5,9,11H,6-8H2,(H2,16,17,18,20). The van der Waals surface area contributed by atoms with Crippen LogP contribution in [0.2, 0.25) is 5.02 Å². The molecular formula is C14H15ClN4S. The Kier molecular flexibility index (Phi) is 3.89. The fourth-order valence-electron chi connectivity index (χ4n) is 1.89. The highest BCUT2D eigenvalue weighted by molar-refractivity contribution is 7.80.